The van der Waals surface area contributed by atoms with E-state index in [1.807, 2.05) is 0 Å². The Morgan fingerprint density at radius 2 is 1.14 bits per heavy atom. The van der Waals surface area contributed by atoms with Crippen LogP contribution in [-0.4, -0.2) is 16.4 Å². The van der Waals surface area contributed by atoms with Gasteiger partial charge in [0.1, 0.15) is 0 Å². The summed E-state index contributed by atoms with van der Waals surface area (Å²) in [6.07, 6.45) is -1.83. The van der Waals surface area contributed by atoms with Crippen molar-refractivity contribution in [2.75, 3.05) is 0 Å². The van der Waals surface area contributed by atoms with Crippen molar-refractivity contribution in [2.24, 2.45) is 0 Å². The van der Waals surface area contributed by atoms with Crippen LogP contribution in [0.5, 0.6) is 0 Å². The predicted molar refractivity (Wildman–Crippen MR) is 31.1 cm³/mol. The SMILES string of the molecule is N.N.O=C(O)O.S. The fourth-order valence-corrected chi connectivity index (χ4v) is 0. The second-order valence-electron chi connectivity index (χ2n) is 0.283. The van der Waals surface area contributed by atoms with Crippen molar-refractivity contribution in [3.63, 3.8) is 0 Å². The highest BCUT2D eigenvalue weighted by molar-refractivity contribution is 7.59. The Bertz CT molecular complexity index is 35.9. The molecule has 0 aliphatic carbocycles. The van der Waals surface area contributed by atoms with E-state index < -0.39 is 6.16 Å². The molecule has 0 aromatic rings. The lowest BCUT2D eigenvalue weighted by Gasteiger charge is -1.60. The van der Waals surface area contributed by atoms with Crippen molar-refractivity contribution in [3.8, 4) is 0 Å². The molecule has 0 unspecified atom stereocenters. The summed E-state index contributed by atoms with van der Waals surface area (Å²) < 4.78 is 0. The fraction of sp³-hybridized carbons (Fsp3) is 0. The van der Waals surface area contributed by atoms with Gasteiger partial charge < -0.3 is 22.5 Å². The van der Waals surface area contributed by atoms with Gasteiger partial charge in [0.2, 0.25) is 0 Å². The van der Waals surface area contributed by atoms with Crippen molar-refractivity contribution >= 4 is 19.7 Å². The lowest BCUT2D eigenvalue weighted by atomic mass is 11.5. The summed E-state index contributed by atoms with van der Waals surface area (Å²) in [5.41, 5.74) is 0. The van der Waals surface area contributed by atoms with Gasteiger partial charge in [-0.3, -0.25) is 0 Å². The Balaban J connectivity index is -0.0000000150. The molecule has 7 heavy (non-hydrogen) atoms. The number of hydrogen-bond donors (Lipinski definition) is 4. The molecular weight excluding hydrogens is 120 g/mol. The van der Waals surface area contributed by atoms with Crippen molar-refractivity contribution in [3.05, 3.63) is 0 Å². The Kier molecular flexibility index (Phi) is 78.7. The van der Waals surface area contributed by atoms with Gasteiger partial charge >= 0.3 is 6.16 Å². The molecule has 0 aromatic carbocycles. The van der Waals surface area contributed by atoms with Gasteiger partial charge in [-0.05, 0) is 0 Å². The molecule has 0 amide bonds. The maximum Gasteiger partial charge on any atom is 0.503 e. The molecule has 0 heterocycles. The van der Waals surface area contributed by atoms with Crippen LogP contribution in [0.2, 0.25) is 0 Å². The summed E-state index contributed by atoms with van der Waals surface area (Å²) in [4.78, 5) is 8.56. The van der Waals surface area contributed by atoms with Crippen LogP contribution in [0.3, 0.4) is 0 Å². The molecule has 6 heteroatoms. The number of rotatable bonds is 0. The second kappa shape index (κ2) is 17.7. The molecule has 0 bridgehead atoms. The molecule has 0 radical (unpaired) electrons. The third-order valence-corrected chi connectivity index (χ3v) is 0. The van der Waals surface area contributed by atoms with Gasteiger partial charge in [-0.1, -0.05) is 0 Å². The molecule has 0 aliphatic rings. The second-order valence-corrected chi connectivity index (χ2v) is 0.283. The third kappa shape index (κ3) is 328. The molecule has 0 saturated carbocycles. The molecular formula is CH10N2O3S. The highest BCUT2D eigenvalue weighted by Gasteiger charge is 1.70. The van der Waals surface area contributed by atoms with E-state index in [-0.39, 0.29) is 25.8 Å². The topological polar surface area (TPSA) is 128 Å². The molecule has 0 fully saturated rings. The van der Waals surface area contributed by atoms with E-state index in [2.05, 4.69) is 0 Å². The molecule has 0 atom stereocenters. The van der Waals surface area contributed by atoms with E-state index >= 15 is 0 Å². The van der Waals surface area contributed by atoms with Crippen LogP contribution in [0.1, 0.15) is 0 Å². The van der Waals surface area contributed by atoms with E-state index in [1.165, 1.54) is 0 Å². The molecule has 0 rings (SSSR count). The van der Waals surface area contributed by atoms with Gasteiger partial charge in [0.25, 0.3) is 0 Å². The summed E-state index contributed by atoms with van der Waals surface area (Å²) in [6.45, 7) is 0. The van der Waals surface area contributed by atoms with Gasteiger partial charge in [-0.25, -0.2) is 4.79 Å². The number of carboxylic acid groups (broad SMARTS) is 2. The van der Waals surface area contributed by atoms with Crippen LogP contribution < -0.4 is 12.3 Å². The quantitative estimate of drug-likeness (QED) is 0.383. The van der Waals surface area contributed by atoms with Crippen LogP contribution in [0.15, 0.2) is 0 Å². The van der Waals surface area contributed by atoms with E-state index in [0.717, 1.165) is 0 Å². The molecule has 5 nitrogen and oxygen atoms in total. The van der Waals surface area contributed by atoms with E-state index in [4.69, 9.17) is 15.0 Å². The van der Waals surface area contributed by atoms with Crippen molar-refractivity contribution in [1.29, 1.82) is 0 Å². The third-order valence-electron chi connectivity index (χ3n) is 0. The summed E-state index contributed by atoms with van der Waals surface area (Å²) >= 11 is 0. The molecule has 48 valence electrons. The van der Waals surface area contributed by atoms with Crippen molar-refractivity contribution < 1.29 is 15.0 Å². The lowest BCUT2D eigenvalue weighted by Crippen LogP contribution is -1.81. The van der Waals surface area contributed by atoms with Crippen molar-refractivity contribution in [1.82, 2.24) is 12.3 Å². The Morgan fingerprint density at radius 1 is 1.14 bits per heavy atom. The Hall–Kier alpha value is -0.460. The summed E-state index contributed by atoms with van der Waals surface area (Å²) in [5, 5.41) is 13.9. The van der Waals surface area contributed by atoms with Crippen LogP contribution in [0.25, 0.3) is 0 Å². The normalized spacial score (nSPS) is 3.43. The average molecular weight is 130 g/mol. The highest BCUT2D eigenvalue weighted by Crippen LogP contribution is 1.42. The summed E-state index contributed by atoms with van der Waals surface area (Å²) in [6, 6.07) is 0. The zero-order chi connectivity index (χ0) is 3.58. The molecule has 0 aliphatic heterocycles. The predicted octanol–water partition coefficient (Wildman–Crippen LogP) is 0.659. The minimum atomic E-state index is -1.83. The smallest absolute Gasteiger partial charge is 0.450 e. The van der Waals surface area contributed by atoms with E-state index in [1.54, 1.807) is 0 Å². The average Bonchev–Trinajstić information content (AvgIpc) is 0.811. The maximum atomic E-state index is 8.56. The first-order valence-corrected chi connectivity index (χ1v) is 0.651. The molecule has 0 saturated heterocycles. The van der Waals surface area contributed by atoms with Gasteiger partial charge in [-0.15, -0.1) is 0 Å². The lowest BCUT2D eigenvalue weighted by molar-refractivity contribution is 0.137. The van der Waals surface area contributed by atoms with Crippen molar-refractivity contribution in [2.45, 2.75) is 0 Å². The zero-order valence-corrected chi connectivity index (χ0v) is 4.72. The Morgan fingerprint density at radius 3 is 1.14 bits per heavy atom. The van der Waals surface area contributed by atoms with Crippen LogP contribution in [0, 0.1) is 0 Å². The largest absolute Gasteiger partial charge is 0.503 e. The van der Waals surface area contributed by atoms with Crippen LogP contribution >= 0.6 is 13.5 Å². The van der Waals surface area contributed by atoms with Gasteiger partial charge in [0.05, 0.1) is 0 Å². The fourth-order valence-electron chi connectivity index (χ4n) is 0. The maximum absolute atomic E-state index is 8.56. The molecule has 0 aromatic heterocycles. The molecule has 8 N–H and O–H groups in total. The first-order valence-electron chi connectivity index (χ1n) is 0.651. The van der Waals surface area contributed by atoms with Crippen LogP contribution in [-0.2, 0) is 0 Å². The number of carbonyl (C=O) groups is 1. The first kappa shape index (κ1) is 31.1. The summed E-state index contributed by atoms with van der Waals surface area (Å²) in [7, 11) is 0. The summed E-state index contributed by atoms with van der Waals surface area (Å²) in [5.74, 6) is 0. The molecule has 0 spiro atoms. The Labute approximate surface area is 48.0 Å². The van der Waals surface area contributed by atoms with Gasteiger partial charge in [0.15, 0.2) is 0 Å². The van der Waals surface area contributed by atoms with E-state index in [0.29, 0.717) is 0 Å². The van der Waals surface area contributed by atoms with E-state index in [9.17, 15) is 0 Å². The van der Waals surface area contributed by atoms with Gasteiger partial charge in [-0.2, -0.15) is 13.5 Å². The van der Waals surface area contributed by atoms with Gasteiger partial charge in [0, 0.05) is 0 Å². The van der Waals surface area contributed by atoms with Crippen LogP contribution in [0.4, 0.5) is 4.79 Å². The highest BCUT2D eigenvalue weighted by atomic mass is 32.1. The monoisotopic (exact) mass is 130 g/mol. The zero-order valence-electron chi connectivity index (χ0n) is 3.72. The minimum absolute atomic E-state index is 0. The first-order chi connectivity index (χ1) is 1.73. The number of hydrogen-bond acceptors (Lipinski definition) is 3. The minimum Gasteiger partial charge on any atom is -0.450 e. The standard InChI is InChI=1S/CH2O3.2H3N.H2S/c2-1(3)4;;;/h(H2,2,3,4);2*1H3;1H2.